The number of nitrogens with zero attached hydrogens (tertiary/aromatic N) is 3. The minimum atomic E-state index is -3.63. The number of piperidine rings is 1. The molecule has 1 N–H and O–H groups in total. The van der Waals surface area contributed by atoms with Crippen LogP contribution in [-0.4, -0.2) is 42.1 Å². The predicted molar refractivity (Wildman–Crippen MR) is 123 cm³/mol. The number of benzene rings is 2. The second kappa shape index (κ2) is 8.61. The van der Waals surface area contributed by atoms with Crippen molar-refractivity contribution < 1.29 is 8.42 Å². The minimum absolute atomic E-state index is 0.171. The summed E-state index contributed by atoms with van der Waals surface area (Å²) in [6.07, 6.45) is 1.95. The van der Waals surface area contributed by atoms with Gasteiger partial charge in [0.25, 0.3) is 0 Å². The first-order chi connectivity index (χ1) is 14.7. The Balaban J connectivity index is 1.35. The van der Waals surface area contributed by atoms with Gasteiger partial charge in [-0.05, 0) is 62.5 Å². The highest BCUT2D eigenvalue weighted by Gasteiger charge is 2.23. The SMILES string of the molecule is Cc1cccc(CN2CCC(CNS(=O)(=O)c3ccc4c(c3)n(C)c(=O)n4C)CC2)c1. The third-order valence-corrected chi connectivity index (χ3v) is 7.73. The fourth-order valence-electron chi connectivity index (χ4n) is 4.38. The van der Waals surface area contributed by atoms with Crippen LogP contribution in [0.5, 0.6) is 0 Å². The van der Waals surface area contributed by atoms with Crippen LogP contribution in [0, 0.1) is 12.8 Å². The lowest BCUT2D eigenvalue weighted by atomic mass is 9.97. The van der Waals surface area contributed by atoms with Gasteiger partial charge in [0.1, 0.15) is 0 Å². The Morgan fingerprint density at radius 3 is 2.42 bits per heavy atom. The highest BCUT2D eigenvalue weighted by molar-refractivity contribution is 7.89. The maximum Gasteiger partial charge on any atom is 0.328 e. The van der Waals surface area contributed by atoms with Gasteiger partial charge in [0.2, 0.25) is 10.0 Å². The van der Waals surface area contributed by atoms with Crippen LogP contribution in [0.25, 0.3) is 11.0 Å². The Hall–Kier alpha value is -2.42. The molecule has 1 fully saturated rings. The maximum absolute atomic E-state index is 12.8. The van der Waals surface area contributed by atoms with Gasteiger partial charge in [0, 0.05) is 27.2 Å². The molecule has 1 aliphatic rings. The number of sulfonamides is 1. The van der Waals surface area contributed by atoms with E-state index in [2.05, 4.69) is 40.8 Å². The number of aromatic nitrogens is 2. The molecule has 0 spiro atoms. The third kappa shape index (κ3) is 4.61. The van der Waals surface area contributed by atoms with Gasteiger partial charge in [-0.25, -0.2) is 17.9 Å². The van der Waals surface area contributed by atoms with Crippen LogP contribution < -0.4 is 10.4 Å². The molecule has 166 valence electrons. The van der Waals surface area contributed by atoms with Gasteiger partial charge < -0.3 is 0 Å². The number of hydrogen-bond donors (Lipinski definition) is 1. The first-order valence-electron chi connectivity index (χ1n) is 10.7. The molecule has 1 aliphatic heterocycles. The molecule has 0 atom stereocenters. The standard InChI is InChI=1S/C23H30N4O3S/c1-17-5-4-6-19(13-17)16-27-11-9-18(10-12-27)15-24-31(29,30)20-7-8-21-22(14-20)26(3)23(28)25(21)2/h4-8,13-14,18,24H,9-12,15-16H2,1-3H3. The van der Waals surface area contributed by atoms with Crippen molar-refractivity contribution in [1.29, 1.82) is 0 Å². The number of rotatable bonds is 6. The van der Waals surface area contributed by atoms with Gasteiger partial charge in [0.05, 0.1) is 15.9 Å². The molecule has 4 rings (SSSR count). The Kier molecular flexibility index (Phi) is 6.05. The van der Waals surface area contributed by atoms with Gasteiger partial charge in [-0.1, -0.05) is 29.8 Å². The molecule has 0 unspecified atom stereocenters. The summed E-state index contributed by atoms with van der Waals surface area (Å²) in [5, 5.41) is 0. The van der Waals surface area contributed by atoms with Crippen LogP contribution in [-0.2, 0) is 30.7 Å². The zero-order chi connectivity index (χ0) is 22.2. The molecule has 31 heavy (non-hydrogen) atoms. The van der Waals surface area contributed by atoms with E-state index in [-0.39, 0.29) is 10.6 Å². The summed E-state index contributed by atoms with van der Waals surface area (Å²) >= 11 is 0. The van der Waals surface area contributed by atoms with Crippen molar-refractivity contribution in [3.63, 3.8) is 0 Å². The van der Waals surface area contributed by atoms with Crippen molar-refractivity contribution in [2.45, 2.75) is 31.2 Å². The Morgan fingerprint density at radius 1 is 1.00 bits per heavy atom. The van der Waals surface area contributed by atoms with E-state index in [1.165, 1.54) is 20.3 Å². The second-order valence-electron chi connectivity index (χ2n) is 8.61. The maximum atomic E-state index is 12.8. The van der Waals surface area contributed by atoms with Crippen molar-refractivity contribution in [2.75, 3.05) is 19.6 Å². The topological polar surface area (TPSA) is 76.3 Å². The highest BCUT2D eigenvalue weighted by atomic mass is 32.2. The van der Waals surface area contributed by atoms with Crippen molar-refractivity contribution in [1.82, 2.24) is 18.8 Å². The van der Waals surface area contributed by atoms with E-state index < -0.39 is 10.0 Å². The number of hydrogen-bond acceptors (Lipinski definition) is 4. The van der Waals surface area contributed by atoms with E-state index >= 15 is 0 Å². The van der Waals surface area contributed by atoms with E-state index in [0.717, 1.165) is 32.5 Å². The molecule has 0 radical (unpaired) electrons. The fraction of sp³-hybridized carbons (Fsp3) is 0.435. The molecule has 0 saturated carbocycles. The molecule has 0 amide bonds. The molecule has 2 heterocycles. The first-order valence-corrected chi connectivity index (χ1v) is 12.2. The number of likely N-dealkylation sites (tertiary alicyclic amines) is 1. The second-order valence-corrected chi connectivity index (χ2v) is 10.4. The van der Waals surface area contributed by atoms with Crippen molar-refractivity contribution in [2.24, 2.45) is 20.0 Å². The van der Waals surface area contributed by atoms with E-state index in [1.54, 1.807) is 32.3 Å². The van der Waals surface area contributed by atoms with Gasteiger partial charge in [-0.3, -0.25) is 14.0 Å². The Bertz CT molecular complexity index is 1250. The van der Waals surface area contributed by atoms with Crippen molar-refractivity contribution >= 4 is 21.1 Å². The van der Waals surface area contributed by atoms with Gasteiger partial charge in [0.15, 0.2) is 0 Å². The Labute approximate surface area is 183 Å². The molecule has 7 nitrogen and oxygen atoms in total. The largest absolute Gasteiger partial charge is 0.328 e. The quantitative estimate of drug-likeness (QED) is 0.636. The zero-order valence-electron chi connectivity index (χ0n) is 18.3. The Morgan fingerprint density at radius 2 is 1.71 bits per heavy atom. The molecule has 1 saturated heterocycles. The number of nitrogens with one attached hydrogen (secondary N) is 1. The summed E-state index contributed by atoms with van der Waals surface area (Å²) in [4.78, 5) is 14.7. The fourth-order valence-corrected chi connectivity index (χ4v) is 5.52. The van der Waals surface area contributed by atoms with E-state index in [0.29, 0.717) is 23.5 Å². The smallest absolute Gasteiger partial charge is 0.299 e. The lowest BCUT2D eigenvalue weighted by Gasteiger charge is -2.32. The molecular formula is C23H30N4O3S. The molecule has 2 aromatic carbocycles. The number of aryl methyl sites for hydroxylation is 3. The third-order valence-electron chi connectivity index (χ3n) is 6.31. The summed E-state index contributed by atoms with van der Waals surface area (Å²) in [6, 6.07) is 13.4. The molecule has 0 bridgehead atoms. The molecular weight excluding hydrogens is 412 g/mol. The number of imidazole rings is 1. The average molecular weight is 443 g/mol. The van der Waals surface area contributed by atoms with Crippen LogP contribution in [0.4, 0.5) is 0 Å². The van der Waals surface area contributed by atoms with Crippen LogP contribution in [0.2, 0.25) is 0 Å². The summed E-state index contributed by atoms with van der Waals surface area (Å²) in [5.74, 6) is 0.327. The predicted octanol–water partition coefficient (Wildman–Crippen LogP) is 2.38. The molecule has 8 heteroatoms. The van der Waals surface area contributed by atoms with Gasteiger partial charge in [-0.2, -0.15) is 0 Å². The minimum Gasteiger partial charge on any atom is -0.299 e. The van der Waals surface area contributed by atoms with E-state index in [1.807, 2.05) is 0 Å². The van der Waals surface area contributed by atoms with E-state index in [9.17, 15) is 13.2 Å². The highest BCUT2D eigenvalue weighted by Crippen LogP contribution is 2.21. The van der Waals surface area contributed by atoms with Gasteiger partial charge in [-0.15, -0.1) is 0 Å². The van der Waals surface area contributed by atoms with Crippen LogP contribution in [0.3, 0.4) is 0 Å². The summed E-state index contributed by atoms with van der Waals surface area (Å²) < 4.78 is 31.5. The molecule has 0 aliphatic carbocycles. The van der Waals surface area contributed by atoms with Crippen LogP contribution >= 0.6 is 0 Å². The lowest BCUT2D eigenvalue weighted by Crippen LogP contribution is -2.38. The van der Waals surface area contributed by atoms with Crippen molar-refractivity contribution in [3.8, 4) is 0 Å². The van der Waals surface area contributed by atoms with Crippen LogP contribution in [0.15, 0.2) is 52.2 Å². The lowest BCUT2D eigenvalue weighted by molar-refractivity contribution is 0.178. The van der Waals surface area contributed by atoms with Crippen LogP contribution in [0.1, 0.15) is 24.0 Å². The average Bonchev–Trinajstić information content (AvgIpc) is 2.97. The zero-order valence-corrected chi connectivity index (χ0v) is 19.2. The van der Waals surface area contributed by atoms with E-state index in [4.69, 9.17) is 0 Å². The number of fused-ring (bicyclic) bond motifs is 1. The first kappa shape index (κ1) is 21.8. The normalized spacial score (nSPS) is 16.2. The summed E-state index contributed by atoms with van der Waals surface area (Å²) in [7, 11) is -0.292. The molecule has 3 aromatic rings. The molecule has 1 aromatic heterocycles. The summed E-state index contributed by atoms with van der Waals surface area (Å²) in [5.41, 5.74) is 3.75. The monoisotopic (exact) mass is 442 g/mol. The van der Waals surface area contributed by atoms with Crippen molar-refractivity contribution in [3.05, 3.63) is 64.1 Å². The summed E-state index contributed by atoms with van der Waals surface area (Å²) in [6.45, 7) is 5.43. The van der Waals surface area contributed by atoms with Gasteiger partial charge >= 0.3 is 5.69 Å².